The summed E-state index contributed by atoms with van der Waals surface area (Å²) in [6.45, 7) is 0.273. The Kier molecular flexibility index (Phi) is 4.54. The largest absolute Gasteiger partial charge is 0.465 e. The van der Waals surface area contributed by atoms with Gasteiger partial charge in [0, 0.05) is 5.56 Å². The fourth-order valence-electron chi connectivity index (χ4n) is 1.46. The van der Waals surface area contributed by atoms with Gasteiger partial charge in [0.25, 0.3) is 0 Å². The van der Waals surface area contributed by atoms with E-state index >= 15 is 0 Å². The first kappa shape index (κ1) is 12.7. The smallest absolute Gasteiger partial charge is 0.143 e. The van der Waals surface area contributed by atoms with Gasteiger partial charge in [-0.25, -0.2) is 0 Å². The first-order valence-electron chi connectivity index (χ1n) is 5.73. The monoisotopic (exact) mass is 252 g/mol. The molecule has 4 nitrogen and oxygen atoms in total. The van der Waals surface area contributed by atoms with Crippen LogP contribution in [-0.4, -0.2) is 6.21 Å². The standard InChI is InChI=1S/C15H12N2O2/c16-11-13-5-1-2-6-14(13)12-19-17-9-3-7-15-8-4-10-18-15/h1-10H,12H2/b7-3+,17-9-. The van der Waals surface area contributed by atoms with E-state index in [-0.39, 0.29) is 6.61 Å². The van der Waals surface area contributed by atoms with Crippen molar-refractivity contribution in [3.8, 4) is 6.07 Å². The molecule has 0 aliphatic heterocycles. The van der Waals surface area contributed by atoms with E-state index in [0.717, 1.165) is 11.3 Å². The zero-order valence-electron chi connectivity index (χ0n) is 10.2. The van der Waals surface area contributed by atoms with Crippen LogP contribution in [0, 0.1) is 11.3 Å². The second-order valence-corrected chi connectivity index (χ2v) is 3.67. The van der Waals surface area contributed by atoms with Gasteiger partial charge in [0.2, 0.25) is 0 Å². The summed E-state index contributed by atoms with van der Waals surface area (Å²) in [6.07, 6.45) is 6.62. The van der Waals surface area contributed by atoms with Crippen LogP contribution < -0.4 is 0 Å². The Morgan fingerprint density at radius 3 is 2.95 bits per heavy atom. The van der Waals surface area contributed by atoms with E-state index in [2.05, 4.69) is 11.2 Å². The minimum atomic E-state index is 0.273. The molecule has 0 saturated heterocycles. The lowest BCUT2D eigenvalue weighted by Crippen LogP contribution is -1.91. The fourth-order valence-corrected chi connectivity index (χ4v) is 1.46. The number of allylic oxidation sites excluding steroid dienone is 1. The third-order valence-corrected chi connectivity index (χ3v) is 2.38. The number of hydrogen-bond donors (Lipinski definition) is 0. The minimum Gasteiger partial charge on any atom is -0.465 e. The topological polar surface area (TPSA) is 58.5 Å². The number of nitrogens with zero attached hydrogens (tertiary/aromatic N) is 2. The summed E-state index contributed by atoms with van der Waals surface area (Å²) in [5, 5.41) is 12.7. The van der Waals surface area contributed by atoms with Gasteiger partial charge in [-0.1, -0.05) is 23.4 Å². The van der Waals surface area contributed by atoms with Crippen LogP contribution >= 0.6 is 0 Å². The van der Waals surface area contributed by atoms with Crippen molar-refractivity contribution in [3.05, 3.63) is 65.6 Å². The average molecular weight is 252 g/mol. The summed E-state index contributed by atoms with van der Waals surface area (Å²) in [7, 11) is 0. The molecule has 1 aromatic heterocycles. The molecule has 2 rings (SSSR count). The molecule has 0 unspecified atom stereocenters. The maximum absolute atomic E-state index is 8.90. The Balaban J connectivity index is 1.82. The van der Waals surface area contributed by atoms with E-state index < -0.39 is 0 Å². The Morgan fingerprint density at radius 1 is 1.26 bits per heavy atom. The third-order valence-electron chi connectivity index (χ3n) is 2.38. The van der Waals surface area contributed by atoms with Crippen molar-refractivity contribution in [3.63, 3.8) is 0 Å². The lowest BCUT2D eigenvalue weighted by Gasteiger charge is -2.00. The maximum Gasteiger partial charge on any atom is 0.143 e. The van der Waals surface area contributed by atoms with Gasteiger partial charge < -0.3 is 9.25 Å². The van der Waals surface area contributed by atoms with E-state index in [1.165, 1.54) is 6.21 Å². The molecule has 1 heterocycles. The Labute approximate surface area is 111 Å². The highest BCUT2D eigenvalue weighted by Crippen LogP contribution is 2.08. The van der Waals surface area contributed by atoms with Gasteiger partial charge in [-0.2, -0.15) is 5.26 Å². The molecule has 0 fully saturated rings. The van der Waals surface area contributed by atoms with Gasteiger partial charge in [-0.3, -0.25) is 0 Å². The Bertz CT molecular complexity index is 607. The van der Waals surface area contributed by atoms with Gasteiger partial charge in [-0.05, 0) is 30.4 Å². The SMILES string of the molecule is N#Cc1ccccc1CO/N=C\C=C\c1ccco1. The molecule has 0 N–H and O–H groups in total. The predicted octanol–water partition coefficient (Wildman–Crippen LogP) is 3.37. The summed E-state index contributed by atoms with van der Waals surface area (Å²) in [5.74, 6) is 0.751. The predicted molar refractivity (Wildman–Crippen MR) is 72.2 cm³/mol. The van der Waals surface area contributed by atoms with Crippen molar-refractivity contribution in [1.29, 1.82) is 5.26 Å². The van der Waals surface area contributed by atoms with Gasteiger partial charge in [0.05, 0.1) is 24.1 Å². The van der Waals surface area contributed by atoms with E-state index in [4.69, 9.17) is 14.5 Å². The highest BCUT2D eigenvalue weighted by molar-refractivity contribution is 5.76. The normalized spacial score (nSPS) is 10.9. The maximum atomic E-state index is 8.90. The third kappa shape index (κ3) is 3.86. The van der Waals surface area contributed by atoms with E-state index in [9.17, 15) is 0 Å². The number of nitriles is 1. The molecule has 0 amide bonds. The van der Waals surface area contributed by atoms with Crippen LogP contribution in [0.2, 0.25) is 0 Å². The molecular weight excluding hydrogens is 240 g/mol. The molecule has 94 valence electrons. The van der Waals surface area contributed by atoms with Crippen LogP contribution in [0.4, 0.5) is 0 Å². The molecule has 0 radical (unpaired) electrons. The van der Waals surface area contributed by atoms with Crippen LogP contribution in [-0.2, 0) is 11.4 Å². The number of benzene rings is 1. The number of rotatable bonds is 5. The molecule has 19 heavy (non-hydrogen) atoms. The zero-order valence-corrected chi connectivity index (χ0v) is 10.2. The minimum absolute atomic E-state index is 0.273. The van der Waals surface area contributed by atoms with Crippen molar-refractivity contribution in [2.45, 2.75) is 6.61 Å². The molecule has 4 heteroatoms. The average Bonchev–Trinajstić information content (AvgIpc) is 2.96. The molecule has 0 aliphatic rings. The molecule has 0 spiro atoms. The van der Waals surface area contributed by atoms with E-state index in [1.807, 2.05) is 30.3 Å². The van der Waals surface area contributed by atoms with Crippen LogP contribution in [0.25, 0.3) is 6.08 Å². The highest BCUT2D eigenvalue weighted by Gasteiger charge is 1.99. The van der Waals surface area contributed by atoms with Crippen molar-refractivity contribution >= 4 is 12.3 Å². The quantitative estimate of drug-likeness (QED) is 0.605. The van der Waals surface area contributed by atoms with Crippen LogP contribution in [0.5, 0.6) is 0 Å². The summed E-state index contributed by atoms with van der Waals surface area (Å²) in [4.78, 5) is 5.12. The van der Waals surface area contributed by atoms with Crippen molar-refractivity contribution in [1.82, 2.24) is 0 Å². The molecule has 0 saturated carbocycles. The van der Waals surface area contributed by atoms with Crippen molar-refractivity contribution < 1.29 is 9.25 Å². The van der Waals surface area contributed by atoms with E-state index in [0.29, 0.717) is 5.56 Å². The molecule has 0 aliphatic carbocycles. The van der Waals surface area contributed by atoms with Gasteiger partial charge in [0.1, 0.15) is 12.4 Å². The number of oxime groups is 1. The zero-order chi connectivity index (χ0) is 13.3. The molecule has 2 aromatic rings. The summed E-state index contributed by atoms with van der Waals surface area (Å²) in [5.41, 5.74) is 1.42. The number of hydrogen-bond acceptors (Lipinski definition) is 4. The lowest BCUT2D eigenvalue weighted by atomic mass is 10.1. The van der Waals surface area contributed by atoms with Crippen LogP contribution in [0.1, 0.15) is 16.9 Å². The lowest BCUT2D eigenvalue weighted by molar-refractivity contribution is 0.132. The van der Waals surface area contributed by atoms with Crippen LogP contribution in [0.3, 0.4) is 0 Å². The second-order valence-electron chi connectivity index (χ2n) is 3.67. The van der Waals surface area contributed by atoms with Crippen LogP contribution in [0.15, 0.2) is 58.3 Å². The van der Waals surface area contributed by atoms with Crippen molar-refractivity contribution in [2.75, 3.05) is 0 Å². The second kappa shape index (κ2) is 6.82. The summed E-state index contributed by atoms with van der Waals surface area (Å²) in [6, 6.07) is 13.0. The first-order valence-corrected chi connectivity index (χ1v) is 5.73. The highest BCUT2D eigenvalue weighted by atomic mass is 16.6. The summed E-state index contributed by atoms with van der Waals surface area (Å²) >= 11 is 0. The summed E-state index contributed by atoms with van der Waals surface area (Å²) < 4.78 is 5.11. The van der Waals surface area contributed by atoms with Gasteiger partial charge in [-0.15, -0.1) is 0 Å². The first-order chi connectivity index (χ1) is 9.40. The molecule has 0 atom stereocenters. The van der Waals surface area contributed by atoms with Gasteiger partial charge in [0.15, 0.2) is 0 Å². The molecule has 0 bridgehead atoms. The number of furan rings is 1. The van der Waals surface area contributed by atoms with Crippen molar-refractivity contribution in [2.24, 2.45) is 5.16 Å². The van der Waals surface area contributed by atoms with Gasteiger partial charge >= 0.3 is 0 Å². The Hall–Kier alpha value is -2.80. The fraction of sp³-hybridized carbons (Fsp3) is 0.0667. The Morgan fingerprint density at radius 2 is 2.16 bits per heavy atom. The van der Waals surface area contributed by atoms with E-state index in [1.54, 1.807) is 24.5 Å². The molecular formula is C15H12N2O2. The molecule has 1 aromatic carbocycles.